The van der Waals surface area contributed by atoms with E-state index in [0.717, 1.165) is 10.6 Å². The topological polar surface area (TPSA) is 54.0 Å². The van der Waals surface area contributed by atoms with E-state index in [4.69, 9.17) is 0 Å². The van der Waals surface area contributed by atoms with E-state index in [1.165, 1.54) is 0 Å². The second-order valence-corrected chi connectivity index (χ2v) is 4.94. The Morgan fingerprint density at radius 3 is 2.95 bits per heavy atom. The van der Waals surface area contributed by atoms with Crippen molar-refractivity contribution in [1.82, 2.24) is 4.98 Å². The summed E-state index contributed by atoms with van der Waals surface area (Å²) >= 11 is 1.57. The zero-order valence-electron chi connectivity index (χ0n) is 10.4. The van der Waals surface area contributed by atoms with Crippen LogP contribution >= 0.6 is 11.3 Å². The van der Waals surface area contributed by atoms with Crippen molar-refractivity contribution >= 4 is 28.7 Å². The van der Waals surface area contributed by atoms with Gasteiger partial charge >= 0.3 is 0 Å². The molecule has 98 valence electrons. The molecule has 0 bridgehead atoms. The standard InChI is InChI=1S/C14H15N3OS/c1-2-7-15-11-5-6-13(16-10-11)17-14(18)9-12-4-3-8-19-12/h2-6,8,10,15H,1,7,9H2,(H,16,17,18). The van der Waals surface area contributed by atoms with Gasteiger partial charge in [0.2, 0.25) is 5.91 Å². The van der Waals surface area contributed by atoms with E-state index in [9.17, 15) is 4.79 Å². The van der Waals surface area contributed by atoms with Crippen LogP contribution in [0.15, 0.2) is 48.5 Å². The van der Waals surface area contributed by atoms with Crippen molar-refractivity contribution in [3.63, 3.8) is 0 Å². The number of hydrogen-bond acceptors (Lipinski definition) is 4. The minimum atomic E-state index is -0.0539. The SMILES string of the molecule is C=CCNc1ccc(NC(=O)Cc2cccs2)nc1. The van der Waals surface area contributed by atoms with Gasteiger partial charge in [0, 0.05) is 11.4 Å². The van der Waals surface area contributed by atoms with Crippen LogP contribution in [0.5, 0.6) is 0 Å². The number of nitrogens with one attached hydrogen (secondary N) is 2. The Hall–Kier alpha value is -2.14. The predicted octanol–water partition coefficient (Wildman–Crippen LogP) is 2.92. The highest BCUT2D eigenvalue weighted by atomic mass is 32.1. The summed E-state index contributed by atoms with van der Waals surface area (Å²) < 4.78 is 0. The molecule has 2 rings (SSSR count). The number of carbonyl (C=O) groups excluding carboxylic acids is 1. The van der Waals surface area contributed by atoms with Crippen molar-refractivity contribution in [1.29, 1.82) is 0 Å². The Bertz CT molecular complexity index is 534. The van der Waals surface area contributed by atoms with Gasteiger partial charge in [-0.15, -0.1) is 17.9 Å². The third-order valence-corrected chi connectivity index (χ3v) is 3.27. The number of hydrogen-bond donors (Lipinski definition) is 2. The van der Waals surface area contributed by atoms with Crippen LogP contribution < -0.4 is 10.6 Å². The summed E-state index contributed by atoms with van der Waals surface area (Å²) in [5.74, 6) is 0.507. The molecule has 0 saturated carbocycles. The highest BCUT2D eigenvalue weighted by Crippen LogP contribution is 2.12. The summed E-state index contributed by atoms with van der Waals surface area (Å²) in [4.78, 5) is 17.0. The predicted molar refractivity (Wildman–Crippen MR) is 79.6 cm³/mol. The lowest BCUT2D eigenvalue weighted by atomic mass is 10.3. The summed E-state index contributed by atoms with van der Waals surface area (Å²) in [5.41, 5.74) is 0.899. The van der Waals surface area contributed by atoms with E-state index in [1.807, 2.05) is 23.6 Å². The lowest BCUT2D eigenvalue weighted by Gasteiger charge is -2.06. The molecule has 0 aliphatic rings. The van der Waals surface area contributed by atoms with Gasteiger partial charge in [-0.2, -0.15) is 0 Å². The van der Waals surface area contributed by atoms with Crippen molar-refractivity contribution in [3.05, 3.63) is 53.4 Å². The molecule has 2 heterocycles. The van der Waals surface area contributed by atoms with Crippen molar-refractivity contribution < 1.29 is 4.79 Å². The molecule has 19 heavy (non-hydrogen) atoms. The highest BCUT2D eigenvalue weighted by molar-refractivity contribution is 7.10. The first-order valence-corrected chi connectivity index (χ1v) is 6.79. The van der Waals surface area contributed by atoms with Gasteiger partial charge in [0.25, 0.3) is 0 Å². The van der Waals surface area contributed by atoms with Crippen LogP contribution in [0, 0.1) is 0 Å². The number of amides is 1. The molecule has 0 fully saturated rings. The monoisotopic (exact) mass is 273 g/mol. The second kappa shape index (κ2) is 6.70. The van der Waals surface area contributed by atoms with E-state index in [2.05, 4.69) is 22.2 Å². The molecule has 0 aliphatic carbocycles. The first-order chi connectivity index (χ1) is 9.28. The Morgan fingerprint density at radius 1 is 1.42 bits per heavy atom. The Balaban J connectivity index is 1.88. The maximum Gasteiger partial charge on any atom is 0.230 e. The van der Waals surface area contributed by atoms with Crippen LogP contribution in [-0.2, 0) is 11.2 Å². The molecule has 0 aliphatic heterocycles. The van der Waals surface area contributed by atoms with Crippen LogP contribution in [0.2, 0.25) is 0 Å². The van der Waals surface area contributed by atoms with Crippen LogP contribution in [0.3, 0.4) is 0 Å². The van der Waals surface area contributed by atoms with Gasteiger partial charge in [-0.1, -0.05) is 12.1 Å². The Morgan fingerprint density at radius 2 is 2.32 bits per heavy atom. The van der Waals surface area contributed by atoms with Crippen LogP contribution in [-0.4, -0.2) is 17.4 Å². The molecule has 0 aromatic carbocycles. The van der Waals surface area contributed by atoms with Gasteiger partial charge in [0.15, 0.2) is 0 Å². The molecular formula is C14H15N3OS. The van der Waals surface area contributed by atoms with Gasteiger partial charge in [-0.25, -0.2) is 4.98 Å². The Labute approximate surface area is 116 Å². The number of pyridine rings is 1. The maximum absolute atomic E-state index is 11.8. The summed E-state index contributed by atoms with van der Waals surface area (Å²) in [5, 5.41) is 7.85. The zero-order valence-corrected chi connectivity index (χ0v) is 11.2. The lowest BCUT2D eigenvalue weighted by Crippen LogP contribution is -2.14. The van der Waals surface area contributed by atoms with Crippen molar-refractivity contribution in [2.75, 3.05) is 17.2 Å². The average Bonchev–Trinajstić information content (AvgIpc) is 2.90. The molecule has 2 N–H and O–H groups in total. The fraction of sp³-hybridized carbons (Fsp3) is 0.143. The lowest BCUT2D eigenvalue weighted by molar-refractivity contribution is -0.115. The molecule has 0 atom stereocenters. The van der Waals surface area contributed by atoms with Crippen molar-refractivity contribution in [2.24, 2.45) is 0 Å². The van der Waals surface area contributed by atoms with Crippen LogP contribution in [0.4, 0.5) is 11.5 Å². The smallest absolute Gasteiger partial charge is 0.230 e. The number of rotatable bonds is 6. The van der Waals surface area contributed by atoms with Crippen LogP contribution in [0.25, 0.3) is 0 Å². The molecule has 0 radical (unpaired) electrons. The number of thiophene rings is 1. The van der Waals surface area contributed by atoms with E-state index < -0.39 is 0 Å². The molecule has 5 heteroatoms. The van der Waals surface area contributed by atoms with E-state index in [-0.39, 0.29) is 5.91 Å². The summed E-state index contributed by atoms with van der Waals surface area (Å²) in [6, 6.07) is 7.53. The summed E-state index contributed by atoms with van der Waals surface area (Å²) in [7, 11) is 0. The largest absolute Gasteiger partial charge is 0.380 e. The van der Waals surface area contributed by atoms with Gasteiger partial charge in [0.1, 0.15) is 5.82 Å². The van der Waals surface area contributed by atoms with E-state index in [1.54, 1.807) is 29.7 Å². The first kappa shape index (κ1) is 13.3. The second-order valence-electron chi connectivity index (χ2n) is 3.91. The highest BCUT2D eigenvalue weighted by Gasteiger charge is 2.05. The van der Waals surface area contributed by atoms with Gasteiger partial charge < -0.3 is 10.6 Å². The quantitative estimate of drug-likeness (QED) is 0.796. The number of nitrogens with zero attached hydrogens (tertiary/aromatic N) is 1. The van der Waals surface area contributed by atoms with Gasteiger partial charge in [0.05, 0.1) is 18.3 Å². The average molecular weight is 273 g/mol. The molecule has 0 saturated heterocycles. The molecule has 2 aromatic rings. The van der Waals surface area contributed by atoms with E-state index >= 15 is 0 Å². The van der Waals surface area contributed by atoms with Crippen LogP contribution in [0.1, 0.15) is 4.88 Å². The van der Waals surface area contributed by atoms with Gasteiger partial charge in [-0.05, 0) is 23.6 Å². The molecule has 0 spiro atoms. The zero-order chi connectivity index (χ0) is 13.5. The minimum Gasteiger partial charge on any atom is -0.380 e. The first-order valence-electron chi connectivity index (χ1n) is 5.91. The normalized spacial score (nSPS) is 9.89. The Kier molecular flexibility index (Phi) is 4.69. The summed E-state index contributed by atoms with van der Waals surface area (Å²) in [6.45, 7) is 4.32. The van der Waals surface area contributed by atoms with Crippen molar-refractivity contribution in [3.8, 4) is 0 Å². The number of aromatic nitrogens is 1. The molecule has 0 unspecified atom stereocenters. The molecular weight excluding hydrogens is 258 g/mol. The van der Waals surface area contributed by atoms with Crippen molar-refractivity contribution in [2.45, 2.75) is 6.42 Å². The fourth-order valence-electron chi connectivity index (χ4n) is 1.52. The third kappa shape index (κ3) is 4.22. The fourth-order valence-corrected chi connectivity index (χ4v) is 2.22. The summed E-state index contributed by atoms with van der Waals surface area (Å²) in [6.07, 6.45) is 3.84. The third-order valence-electron chi connectivity index (χ3n) is 2.40. The van der Waals surface area contributed by atoms with E-state index in [0.29, 0.717) is 18.8 Å². The minimum absolute atomic E-state index is 0.0539. The maximum atomic E-state index is 11.8. The number of anilines is 2. The molecule has 2 aromatic heterocycles. The number of carbonyl (C=O) groups is 1. The van der Waals surface area contributed by atoms with Gasteiger partial charge in [-0.3, -0.25) is 4.79 Å². The molecule has 4 nitrogen and oxygen atoms in total. The molecule has 1 amide bonds.